The van der Waals surface area contributed by atoms with E-state index in [2.05, 4.69) is 18.6 Å². The van der Waals surface area contributed by atoms with Gasteiger partial charge in [0.25, 0.3) is 0 Å². The molecule has 0 amide bonds. The highest BCUT2D eigenvalue weighted by atomic mass is 16.6. The Bertz CT molecular complexity index is 121. The fourth-order valence-electron chi connectivity index (χ4n) is 1.58. The topological polar surface area (TPSA) is 32.8 Å². The maximum Gasteiger partial charge on any atom is 0.0701 e. The summed E-state index contributed by atoms with van der Waals surface area (Å²) < 4.78 is 4.50. The largest absolute Gasteiger partial charge is 0.393 e. The second-order valence-corrected chi connectivity index (χ2v) is 4.61. The van der Waals surface area contributed by atoms with E-state index in [4.69, 9.17) is 0 Å². The Kier molecular flexibility index (Phi) is 12.9. The van der Waals surface area contributed by atoms with Gasteiger partial charge in [0.2, 0.25) is 0 Å². The number of hydrogen-bond acceptors (Lipinski definition) is 2. The summed E-state index contributed by atoms with van der Waals surface area (Å²) in [6, 6.07) is 0. The lowest BCUT2D eigenvalue weighted by Gasteiger charge is -2.09. The minimum atomic E-state index is -0.0246. The van der Waals surface area contributed by atoms with E-state index in [0.29, 0.717) is 0 Å². The highest BCUT2D eigenvalue weighted by molar-refractivity contribution is 4.56. The van der Waals surface area contributed by atoms with Crippen LogP contribution in [-0.2, 0) is 4.74 Å². The third-order valence-corrected chi connectivity index (χ3v) is 2.74. The van der Waals surface area contributed by atoms with Gasteiger partial charge in [0, 0.05) is 0 Å². The van der Waals surface area contributed by atoms with Crippen LogP contribution in [0, 0.1) is 0 Å². The first-order chi connectivity index (χ1) is 7.81. The summed E-state index contributed by atoms with van der Waals surface area (Å²) in [7, 11) is 0. The molecule has 1 heterocycles. The van der Waals surface area contributed by atoms with Crippen molar-refractivity contribution in [3.63, 3.8) is 0 Å². The summed E-state index contributed by atoms with van der Waals surface area (Å²) in [5.41, 5.74) is 0. The monoisotopic (exact) mass is 230 g/mol. The first-order valence-electron chi connectivity index (χ1n) is 7.07. The van der Waals surface area contributed by atoms with Crippen LogP contribution in [0.5, 0.6) is 0 Å². The van der Waals surface area contributed by atoms with Gasteiger partial charge in [-0.1, -0.05) is 58.8 Å². The van der Waals surface area contributed by atoms with Crippen LogP contribution in [0.1, 0.15) is 71.6 Å². The fourth-order valence-corrected chi connectivity index (χ4v) is 1.58. The third kappa shape index (κ3) is 16.4. The number of rotatable bonds is 9. The zero-order valence-electron chi connectivity index (χ0n) is 11.2. The van der Waals surface area contributed by atoms with Crippen LogP contribution in [-0.4, -0.2) is 24.4 Å². The normalized spacial score (nSPS) is 15.2. The maximum absolute atomic E-state index is 9.58. The van der Waals surface area contributed by atoms with Crippen LogP contribution < -0.4 is 0 Å². The van der Waals surface area contributed by atoms with E-state index in [0.717, 1.165) is 26.1 Å². The van der Waals surface area contributed by atoms with Gasteiger partial charge >= 0.3 is 0 Å². The van der Waals surface area contributed by atoms with Gasteiger partial charge in [-0.2, -0.15) is 0 Å². The molecule has 1 unspecified atom stereocenters. The highest BCUT2D eigenvalue weighted by Crippen LogP contribution is 2.11. The van der Waals surface area contributed by atoms with Crippen LogP contribution in [0.3, 0.4) is 0 Å². The predicted molar refractivity (Wildman–Crippen MR) is 69.7 cm³/mol. The van der Waals surface area contributed by atoms with Crippen molar-refractivity contribution in [1.29, 1.82) is 0 Å². The number of aliphatic hydroxyl groups excluding tert-OH is 1. The van der Waals surface area contributed by atoms with E-state index >= 15 is 0 Å². The quantitative estimate of drug-likeness (QED) is 0.481. The Morgan fingerprint density at radius 1 is 0.875 bits per heavy atom. The van der Waals surface area contributed by atoms with Crippen LogP contribution in [0.2, 0.25) is 0 Å². The summed E-state index contributed by atoms with van der Waals surface area (Å²) in [5, 5.41) is 9.58. The Hall–Kier alpha value is -0.0800. The van der Waals surface area contributed by atoms with Gasteiger partial charge in [0.1, 0.15) is 0 Å². The minimum Gasteiger partial charge on any atom is -0.393 e. The van der Waals surface area contributed by atoms with E-state index in [1.54, 1.807) is 0 Å². The van der Waals surface area contributed by atoms with Crippen LogP contribution in [0.4, 0.5) is 0 Å². The first kappa shape index (κ1) is 15.9. The van der Waals surface area contributed by atoms with Crippen molar-refractivity contribution in [2.24, 2.45) is 0 Å². The lowest BCUT2D eigenvalue weighted by Crippen LogP contribution is -2.05. The molecule has 1 fully saturated rings. The second-order valence-electron chi connectivity index (χ2n) is 4.61. The SMILES string of the molecule is C1CO1.CCCCCCC(O)CCCCC. The van der Waals surface area contributed by atoms with Gasteiger partial charge in [-0.3, -0.25) is 0 Å². The number of hydrogen-bond donors (Lipinski definition) is 1. The van der Waals surface area contributed by atoms with Gasteiger partial charge in [0.05, 0.1) is 19.3 Å². The molecule has 2 nitrogen and oxygen atoms in total. The van der Waals surface area contributed by atoms with Gasteiger partial charge in [0.15, 0.2) is 0 Å². The Morgan fingerprint density at radius 2 is 1.31 bits per heavy atom. The fraction of sp³-hybridized carbons (Fsp3) is 1.00. The zero-order chi connectivity index (χ0) is 12.1. The van der Waals surface area contributed by atoms with E-state index < -0.39 is 0 Å². The molecule has 0 aliphatic carbocycles. The van der Waals surface area contributed by atoms with E-state index in [9.17, 15) is 5.11 Å². The Balaban J connectivity index is 0.000000635. The van der Waals surface area contributed by atoms with Crippen molar-refractivity contribution in [3.05, 3.63) is 0 Å². The summed E-state index contributed by atoms with van der Waals surface area (Å²) in [6.45, 7) is 6.42. The molecule has 1 aliphatic rings. The lowest BCUT2D eigenvalue weighted by atomic mass is 10.0. The highest BCUT2D eigenvalue weighted by Gasteiger charge is 2.02. The van der Waals surface area contributed by atoms with Crippen LogP contribution >= 0.6 is 0 Å². The second kappa shape index (κ2) is 13.0. The molecule has 98 valence electrons. The van der Waals surface area contributed by atoms with Crippen LogP contribution in [0.15, 0.2) is 0 Å². The van der Waals surface area contributed by atoms with Crippen molar-refractivity contribution in [2.45, 2.75) is 77.7 Å². The molecule has 0 spiro atoms. The number of epoxide rings is 1. The minimum absolute atomic E-state index is 0.0246. The molecule has 16 heavy (non-hydrogen) atoms. The molecule has 0 bridgehead atoms. The number of unbranched alkanes of at least 4 members (excludes halogenated alkanes) is 5. The smallest absolute Gasteiger partial charge is 0.0701 e. The van der Waals surface area contributed by atoms with E-state index in [1.807, 2.05) is 0 Å². The molecular weight excluding hydrogens is 200 g/mol. The lowest BCUT2D eigenvalue weighted by molar-refractivity contribution is 0.147. The summed E-state index contributed by atoms with van der Waals surface area (Å²) in [5.74, 6) is 0. The van der Waals surface area contributed by atoms with Gasteiger partial charge in [-0.05, 0) is 12.8 Å². The number of ether oxygens (including phenoxy) is 1. The summed E-state index contributed by atoms with van der Waals surface area (Å²) >= 11 is 0. The van der Waals surface area contributed by atoms with Crippen LogP contribution in [0.25, 0.3) is 0 Å². The molecule has 0 radical (unpaired) electrons. The number of aliphatic hydroxyl groups is 1. The molecule has 0 aromatic carbocycles. The third-order valence-electron chi connectivity index (χ3n) is 2.74. The van der Waals surface area contributed by atoms with Gasteiger partial charge in [-0.25, -0.2) is 0 Å². The summed E-state index contributed by atoms with van der Waals surface area (Å²) in [6.07, 6.45) is 10.8. The molecule has 1 rings (SSSR count). The molecule has 1 atom stereocenters. The molecule has 1 saturated heterocycles. The van der Waals surface area contributed by atoms with Crippen molar-refractivity contribution in [3.8, 4) is 0 Å². The Labute approximate surface area is 101 Å². The molecule has 1 aliphatic heterocycles. The van der Waals surface area contributed by atoms with Gasteiger partial charge in [-0.15, -0.1) is 0 Å². The van der Waals surface area contributed by atoms with Gasteiger partial charge < -0.3 is 9.84 Å². The average molecular weight is 230 g/mol. The van der Waals surface area contributed by atoms with E-state index in [1.165, 1.54) is 44.9 Å². The van der Waals surface area contributed by atoms with Crippen molar-refractivity contribution >= 4 is 0 Å². The first-order valence-corrected chi connectivity index (χ1v) is 7.07. The summed E-state index contributed by atoms with van der Waals surface area (Å²) in [4.78, 5) is 0. The standard InChI is InChI=1S/C12H26O.C2H4O/c1-3-5-7-9-11-12(13)10-8-6-4-2;1-2-3-1/h12-13H,3-11H2,1-2H3;1-2H2. The van der Waals surface area contributed by atoms with E-state index in [-0.39, 0.29) is 6.10 Å². The molecule has 2 heteroatoms. The Morgan fingerprint density at radius 3 is 1.75 bits per heavy atom. The molecule has 1 N–H and O–H groups in total. The average Bonchev–Trinajstić information content (AvgIpc) is 3.12. The van der Waals surface area contributed by atoms with Crippen molar-refractivity contribution in [1.82, 2.24) is 0 Å². The maximum atomic E-state index is 9.58. The molecule has 0 aromatic heterocycles. The molecular formula is C14H30O2. The molecule has 0 saturated carbocycles. The van der Waals surface area contributed by atoms with Crippen molar-refractivity contribution < 1.29 is 9.84 Å². The zero-order valence-corrected chi connectivity index (χ0v) is 11.2. The predicted octanol–water partition coefficient (Wildman–Crippen LogP) is 3.91. The van der Waals surface area contributed by atoms with Crippen molar-refractivity contribution in [2.75, 3.05) is 13.2 Å². The molecule has 0 aromatic rings.